The minimum absolute atomic E-state index is 0.0937. The molecule has 0 aromatic heterocycles. The molecule has 0 spiro atoms. The Morgan fingerprint density at radius 1 is 1.26 bits per heavy atom. The van der Waals surface area contributed by atoms with Gasteiger partial charge in [0.05, 0.1) is 13.2 Å². The predicted octanol–water partition coefficient (Wildman–Crippen LogP) is 2.96. The summed E-state index contributed by atoms with van der Waals surface area (Å²) in [5.74, 6) is 0.122. The van der Waals surface area contributed by atoms with Crippen LogP contribution >= 0.6 is 22.6 Å². The lowest BCUT2D eigenvalue weighted by Gasteiger charge is -2.29. The molecule has 0 atom stereocenters. The second kappa shape index (κ2) is 8.66. The summed E-state index contributed by atoms with van der Waals surface area (Å²) in [6.45, 7) is 5.27. The summed E-state index contributed by atoms with van der Waals surface area (Å²) in [7, 11) is 0. The Morgan fingerprint density at radius 3 is 2.32 bits per heavy atom. The smallest absolute Gasteiger partial charge is 0.176 e. The van der Waals surface area contributed by atoms with Crippen molar-refractivity contribution in [3.05, 3.63) is 33.4 Å². The van der Waals surface area contributed by atoms with Crippen LogP contribution in [0.25, 0.3) is 0 Å². The molecular formula is C15H22INO2. The van der Waals surface area contributed by atoms with Gasteiger partial charge in [-0.15, -0.1) is 0 Å². The SMILES string of the molecule is CCC(CC)N(CCO)CC(=O)c1ccc(I)cc1. The number of hydrogen-bond acceptors (Lipinski definition) is 3. The maximum atomic E-state index is 12.3. The molecule has 1 N–H and O–H groups in total. The lowest BCUT2D eigenvalue weighted by atomic mass is 10.1. The van der Waals surface area contributed by atoms with Crippen LogP contribution in [0, 0.1) is 3.57 Å². The summed E-state index contributed by atoms with van der Waals surface area (Å²) >= 11 is 2.23. The Balaban J connectivity index is 2.72. The molecule has 0 fully saturated rings. The second-order valence-corrected chi connectivity index (χ2v) is 5.84. The number of benzene rings is 1. The van der Waals surface area contributed by atoms with Crippen LogP contribution in [-0.4, -0.2) is 41.5 Å². The molecule has 4 heteroatoms. The van der Waals surface area contributed by atoms with Gasteiger partial charge in [-0.25, -0.2) is 0 Å². The van der Waals surface area contributed by atoms with Gasteiger partial charge in [-0.1, -0.05) is 26.0 Å². The molecule has 1 aromatic rings. The van der Waals surface area contributed by atoms with Gasteiger partial charge in [0.1, 0.15) is 0 Å². The molecule has 1 aromatic carbocycles. The van der Waals surface area contributed by atoms with E-state index >= 15 is 0 Å². The van der Waals surface area contributed by atoms with E-state index in [9.17, 15) is 4.79 Å². The third-order valence-electron chi connectivity index (χ3n) is 3.36. The molecule has 0 unspecified atom stereocenters. The monoisotopic (exact) mass is 375 g/mol. The van der Waals surface area contributed by atoms with Crippen molar-refractivity contribution in [3.63, 3.8) is 0 Å². The van der Waals surface area contributed by atoms with Crippen LogP contribution in [0.2, 0.25) is 0 Å². The summed E-state index contributed by atoms with van der Waals surface area (Å²) in [5.41, 5.74) is 0.745. The largest absolute Gasteiger partial charge is 0.395 e. The molecular weight excluding hydrogens is 353 g/mol. The summed E-state index contributed by atoms with van der Waals surface area (Å²) in [6, 6.07) is 7.99. The number of hydrogen-bond donors (Lipinski definition) is 1. The van der Waals surface area contributed by atoms with Crippen LogP contribution in [0.5, 0.6) is 0 Å². The van der Waals surface area contributed by atoms with E-state index in [-0.39, 0.29) is 12.4 Å². The normalized spacial score (nSPS) is 11.3. The maximum absolute atomic E-state index is 12.3. The van der Waals surface area contributed by atoms with Crippen LogP contribution < -0.4 is 0 Å². The standard InChI is InChI=1S/C15H22INO2/c1-3-14(4-2)17(9-10-18)11-15(19)12-5-7-13(16)8-6-12/h5-8,14,18H,3-4,9-11H2,1-2H3. The number of Topliss-reactive ketones (excluding diaryl/α,β-unsaturated/α-hetero) is 1. The first-order valence-electron chi connectivity index (χ1n) is 6.76. The number of ketones is 1. The third-order valence-corrected chi connectivity index (χ3v) is 4.08. The van der Waals surface area contributed by atoms with Crippen molar-refractivity contribution in [2.45, 2.75) is 32.7 Å². The van der Waals surface area contributed by atoms with Crippen molar-refractivity contribution in [3.8, 4) is 0 Å². The molecule has 0 saturated heterocycles. The summed E-state index contributed by atoms with van der Waals surface area (Å²) < 4.78 is 1.13. The number of aliphatic hydroxyl groups excluding tert-OH is 1. The Bertz CT molecular complexity index is 388. The predicted molar refractivity (Wildman–Crippen MR) is 86.5 cm³/mol. The van der Waals surface area contributed by atoms with Crippen molar-refractivity contribution in [2.24, 2.45) is 0 Å². The van der Waals surface area contributed by atoms with Gasteiger partial charge in [0.15, 0.2) is 5.78 Å². The molecule has 0 heterocycles. The first-order chi connectivity index (χ1) is 9.12. The molecule has 0 amide bonds. The maximum Gasteiger partial charge on any atom is 0.176 e. The van der Waals surface area contributed by atoms with Crippen LogP contribution in [-0.2, 0) is 0 Å². The van der Waals surface area contributed by atoms with Gasteiger partial charge in [0.2, 0.25) is 0 Å². The molecule has 0 aliphatic carbocycles. The fourth-order valence-corrected chi connectivity index (χ4v) is 2.60. The number of aliphatic hydroxyl groups is 1. The quantitative estimate of drug-likeness (QED) is 0.561. The average molecular weight is 375 g/mol. The van der Waals surface area contributed by atoms with Crippen molar-refractivity contribution in [1.29, 1.82) is 0 Å². The van der Waals surface area contributed by atoms with Gasteiger partial charge in [0, 0.05) is 21.7 Å². The zero-order chi connectivity index (χ0) is 14.3. The second-order valence-electron chi connectivity index (χ2n) is 4.59. The van der Waals surface area contributed by atoms with Crippen molar-refractivity contribution in [2.75, 3.05) is 19.7 Å². The molecule has 0 bridgehead atoms. The topological polar surface area (TPSA) is 40.5 Å². The van der Waals surface area contributed by atoms with E-state index < -0.39 is 0 Å². The highest BCUT2D eigenvalue weighted by atomic mass is 127. The lowest BCUT2D eigenvalue weighted by molar-refractivity contribution is 0.0850. The summed E-state index contributed by atoms with van der Waals surface area (Å²) in [4.78, 5) is 14.3. The number of carbonyl (C=O) groups excluding carboxylic acids is 1. The fourth-order valence-electron chi connectivity index (χ4n) is 2.24. The molecule has 0 saturated carbocycles. The van der Waals surface area contributed by atoms with Crippen LogP contribution in [0.1, 0.15) is 37.0 Å². The minimum atomic E-state index is 0.0937. The zero-order valence-electron chi connectivity index (χ0n) is 11.6. The Morgan fingerprint density at radius 2 is 1.84 bits per heavy atom. The van der Waals surface area contributed by atoms with Gasteiger partial charge < -0.3 is 5.11 Å². The van der Waals surface area contributed by atoms with Crippen molar-refractivity contribution < 1.29 is 9.90 Å². The first kappa shape index (κ1) is 16.6. The van der Waals surface area contributed by atoms with Crippen LogP contribution in [0.3, 0.4) is 0 Å². The van der Waals surface area contributed by atoms with E-state index in [0.717, 1.165) is 22.0 Å². The Hall–Kier alpha value is -0.460. The number of nitrogens with zero attached hydrogens (tertiary/aromatic N) is 1. The first-order valence-corrected chi connectivity index (χ1v) is 7.83. The molecule has 106 valence electrons. The van der Waals surface area contributed by atoms with Crippen LogP contribution in [0.15, 0.2) is 24.3 Å². The lowest BCUT2D eigenvalue weighted by Crippen LogP contribution is -2.40. The fraction of sp³-hybridized carbons (Fsp3) is 0.533. The average Bonchev–Trinajstić information content (AvgIpc) is 2.41. The molecule has 19 heavy (non-hydrogen) atoms. The van der Waals surface area contributed by atoms with Gasteiger partial charge in [-0.05, 0) is 47.6 Å². The highest BCUT2D eigenvalue weighted by Gasteiger charge is 2.18. The number of carbonyl (C=O) groups is 1. The summed E-state index contributed by atoms with van der Waals surface area (Å²) in [5, 5.41) is 9.14. The Kier molecular flexibility index (Phi) is 7.56. The molecule has 1 rings (SSSR count). The minimum Gasteiger partial charge on any atom is -0.395 e. The molecule has 0 aliphatic heterocycles. The van der Waals surface area contributed by atoms with Gasteiger partial charge in [0.25, 0.3) is 0 Å². The van der Waals surface area contributed by atoms with E-state index in [1.165, 1.54) is 0 Å². The number of halogens is 1. The van der Waals surface area contributed by atoms with E-state index in [1.807, 2.05) is 24.3 Å². The highest BCUT2D eigenvalue weighted by Crippen LogP contribution is 2.12. The van der Waals surface area contributed by atoms with Crippen molar-refractivity contribution >= 4 is 28.4 Å². The van der Waals surface area contributed by atoms with Gasteiger partial charge >= 0.3 is 0 Å². The third kappa shape index (κ3) is 5.20. The van der Waals surface area contributed by atoms with Gasteiger partial charge in [-0.2, -0.15) is 0 Å². The number of rotatable bonds is 8. The van der Waals surface area contributed by atoms with E-state index in [4.69, 9.17) is 5.11 Å². The van der Waals surface area contributed by atoms with E-state index in [1.54, 1.807) is 0 Å². The van der Waals surface area contributed by atoms with E-state index in [2.05, 4.69) is 41.3 Å². The van der Waals surface area contributed by atoms with Gasteiger partial charge in [-0.3, -0.25) is 9.69 Å². The molecule has 0 aliphatic rings. The van der Waals surface area contributed by atoms with Crippen molar-refractivity contribution in [1.82, 2.24) is 4.90 Å². The van der Waals surface area contributed by atoms with Crippen LogP contribution in [0.4, 0.5) is 0 Å². The molecule has 3 nitrogen and oxygen atoms in total. The highest BCUT2D eigenvalue weighted by molar-refractivity contribution is 14.1. The summed E-state index contributed by atoms with van der Waals surface area (Å²) in [6.07, 6.45) is 1.99. The Labute approximate surface area is 129 Å². The zero-order valence-corrected chi connectivity index (χ0v) is 13.8. The molecule has 0 radical (unpaired) electrons. The van der Waals surface area contributed by atoms with E-state index in [0.29, 0.717) is 19.1 Å².